The van der Waals surface area contributed by atoms with Gasteiger partial charge in [0.2, 0.25) is 5.91 Å². The zero-order valence-corrected chi connectivity index (χ0v) is 12.3. The highest BCUT2D eigenvalue weighted by atomic mass is 32.2. The molecule has 1 heterocycles. The van der Waals surface area contributed by atoms with Gasteiger partial charge in [-0.2, -0.15) is 13.2 Å². The number of carbonyl (C=O) groups is 2. The summed E-state index contributed by atoms with van der Waals surface area (Å²) in [6.07, 6.45) is -4.44. The van der Waals surface area contributed by atoms with Gasteiger partial charge in [0.1, 0.15) is 0 Å². The third kappa shape index (κ3) is 3.40. The number of hydrogen-bond donors (Lipinski definition) is 0. The minimum atomic E-state index is -4.52. The van der Waals surface area contributed by atoms with Gasteiger partial charge in [-0.1, -0.05) is 23.9 Å². The molecule has 1 aliphatic heterocycles. The quantitative estimate of drug-likeness (QED) is 0.839. The Kier molecular flexibility index (Phi) is 4.32. The van der Waals surface area contributed by atoms with E-state index in [1.807, 2.05) is 0 Å². The Hall–Kier alpha value is -1.50. The summed E-state index contributed by atoms with van der Waals surface area (Å²) in [5, 5.41) is -0.439. The number of amides is 1. The minimum absolute atomic E-state index is 0.0792. The van der Waals surface area contributed by atoms with Gasteiger partial charge in [0.15, 0.2) is 5.12 Å². The molecule has 1 unspecified atom stereocenters. The van der Waals surface area contributed by atoms with Gasteiger partial charge in [-0.15, -0.1) is 0 Å². The van der Waals surface area contributed by atoms with Crippen LogP contribution in [0, 0.1) is 6.92 Å². The van der Waals surface area contributed by atoms with E-state index in [2.05, 4.69) is 0 Å². The number of alkyl halides is 3. The van der Waals surface area contributed by atoms with Crippen LogP contribution in [0.4, 0.5) is 18.9 Å². The summed E-state index contributed by atoms with van der Waals surface area (Å²) in [5.41, 5.74) is -0.516. The number of nitrogens with zero attached hydrogens (tertiary/aromatic N) is 1. The van der Waals surface area contributed by atoms with Gasteiger partial charge < -0.3 is 4.90 Å². The van der Waals surface area contributed by atoms with Crippen LogP contribution in [0.15, 0.2) is 18.2 Å². The Labute approximate surface area is 124 Å². The lowest BCUT2D eigenvalue weighted by molar-refractivity contribution is -0.137. The fourth-order valence-electron chi connectivity index (χ4n) is 2.45. The highest BCUT2D eigenvalue weighted by molar-refractivity contribution is 8.14. The average Bonchev–Trinajstić information content (AvgIpc) is 2.67. The van der Waals surface area contributed by atoms with E-state index >= 15 is 0 Å². The minimum Gasteiger partial charge on any atom is -0.310 e. The summed E-state index contributed by atoms with van der Waals surface area (Å²) >= 11 is 1.00. The molecule has 1 saturated heterocycles. The van der Waals surface area contributed by atoms with E-state index in [0.29, 0.717) is 5.56 Å². The number of halogens is 3. The largest absolute Gasteiger partial charge is 0.418 e. The fourth-order valence-corrected chi connectivity index (χ4v) is 3.37. The second-order valence-corrected chi connectivity index (χ2v) is 6.39. The van der Waals surface area contributed by atoms with Crippen LogP contribution in [-0.2, 0) is 15.8 Å². The smallest absolute Gasteiger partial charge is 0.310 e. The maximum atomic E-state index is 13.1. The van der Waals surface area contributed by atoms with Crippen LogP contribution in [0.5, 0.6) is 0 Å². The topological polar surface area (TPSA) is 37.4 Å². The zero-order valence-electron chi connectivity index (χ0n) is 11.5. The lowest BCUT2D eigenvalue weighted by atomic mass is 10.1. The summed E-state index contributed by atoms with van der Waals surface area (Å²) in [5.74, 6) is -0.381. The number of para-hydroxylation sites is 1. The number of benzene rings is 1. The van der Waals surface area contributed by atoms with Gasteiger partial charge in [0.05, 0.1) is 11.3 Å². The van der Waals surface area contributed by atoms with Crippen LogP contribution >= 0.6 is 11.8 Å². The summed E-state index contributed by atoms with van der Waals surface area (Å²) < 4.78 is 39.4. The van der Waals surface area contributed by atoms with Crippen LogP contribution in [0.3, 0.4) is 0 Å². The van der Waals surface area contributed by atoms with Gasteiger partial charge in [-0.3, -0.25) is 9.59 Å². The first kappa shape index (κ1) is 15.9. The number of hydrogen-bond acceptors (Lipinski definition) is 3. The molecule has 0 aromatic heterocycles. The van der Waals surface area contributed by atoms with Crippen molar-refractivity contribution >= 4 is 28.5 Å². The van der Waals surface area contributed by atoms with Crippen molar-refractivity contribution in [1.29, 1.82) is 0 Å². The molecule has 1 aromatic rings. The molecular weight excluding hydrogens is 303 g/mol. The molecule has 7 heteroatoms. The first-order valence-electron chi connectivity index (χ1n) is 6.34. The summed E-state index contributed by atoms with van der Waals surface area (Å²) in [6, 6.07) is 3.84. The van der Waals surface area contributed by atoms with Crippen LogP contribution in [-0.4, -0.2) is 22.8 Å². The van der Waals surface area contributed by atoms with E-state index in [0.717, 1.165) is 22.7 Å². The predicted molar refractivity (Wildman–Crippen MR) is 75.2 cm³/mol. The SMILES string of the molecule is CC(=O)SC1CC(=O)N(c2c(C)cccc2C(F)(F)F)C1. The molecule has 0 radical (unpaired) electrons. The van der Waals surface area contributed by atoms with Crippen molar-refractivity contribution in [2.24, 2.45) is 0 Å². The molecule has 1 aromatic carbocycles. The van der Waals surface area contributed by atoms with E-state index < -0.39 is 11.7 Å². The first-order valence-corrected chi connectivity index (χ1v) is 7.22. The van der Waals surface area contributed by atoms with E-state index in [1.54, 1.807) is 13.0 Å². The highest BCUT2D eigenvalue weighted by Gasteiger charge is 2.40. The Morgan fingerprint density at radius 2 is 2.05 bits per heavy atom. The lowest BCUT2D eigenvalue weighted by Crippen LogP contribution is -2.28. The predicted octanol–water partition coefficient (Wildman–Crippen LogP) is 3.40. The molecule has 1 fully saturated rings. The average molecular weight is 317 g/mol. The van der Waals surface area contributed by atoms with Crippen molar-refractivity contribution in [3.05, 3.63) is 29.3 Å². The highest BCUT2D eigenvalue weighted by Crippen LogP contribution is 2.40. The fraction of sp³-hybridized carbons (Fsp3) is 0.429. The van der Waals surface area contributed by atoms with Crippen molar-refractivity contribution in [1.82, 2.24) is 0 Å². The molecule has 21 heavy (non-hydrogen) atoms. The zero-order chi connectivity index (χ0) is 15.8. The van der Waals surface area contributed by atoms with Gasteiger partial charge in [0.25, 0.3) is 0 Å². The number of rotatable bonds is 2. The molecule has 2 rings (SSSR count). The Morgan fingerprint density at radius 1 is 1.38 bits per heavy atom. The maximum absolute atomic E-state index is 13.1. The third-order valence-electron chi connectivity index (χ3n) is 3.24. The van der Waals surface area contributed by atoms with Gasteiger partial charge in [-0.25, -0.2) is 0 Å². The van der Waals surface area contributed by atoms with Crippen LogP contribution in [0.25, 0.3) is 0 Å². The van der Waals surface area contributed by atoms with Crippen molar-refractivity contribution in [3.8, 4) is 0 Å². The van der Waals surface area contributed by atoms with Crippen molar-refractivity contribution in [2.75, 3.05) is 11.4 Å². The number of thioether (sulfide) groups is 1. The third-order valence-corrected chi connectivity index (χ3v) is 4.22. The molecule has 114 valence electrons. The second-order valence-electron chi connectivity index (χ2n) is 4.91. The molecule has 0 spiro atoms. The standard InChI is InChI=1S/C14H14F3NO2S/c1-8-4-3-5-11(14(15,16)17)13(8)18-7-10(6-12(18)20)21-9(2)19/h3-5,10H,6-7H2,1-2H3. The normalized spacial score (nSPS) is 19.2. The maximum Gasteiger partial charge on any atom is 0.418 e. The summed E-state index contributed by atoms with van der Waals surface area (Å²) in [7, 11) is 0. The van der Waals surface area contributed by atoms with Crippen LogP contribution in [0.1, 0.15) is 24.5 Å². The number of carbonyl (C=O) groups excluding carboxylic acids is 2. The molecule has 3 nitrogen and oxygen atoms in total. The number of anilines is 1. The molecule has 1 amide bonds. The summed E-state index contributed by atoms with van der Waals surface area (Å²) in [4.78, 5) is 24.3. The van der Waals surface area contributed by atoms with E-state index in [-0.39, 0.29) is 34.9 Å². The van der Waals surface area contributed by atoms with Gasteiger partial charge in [-0.05, 0) is 18.6 Å². The van der Waals surface area contributed by atoms with Crippen molar-refractivity contribution < 1.29 is 22.8 Å². The Bertz CT molecular complexity index is 586. The van der Waals surface area contributed by atoms with E-state index in [4.69, 9.17) is 0 Å². The first-order chi connectivity index (χ1) is 9.70. The Balaban J connectivity index is 2.38. The lowest BCUT2D eigenvalue weighted by Gasteiger charge is -2.23. The Morgan fingerprint density at radius 3 is 2.62 bits per heavy atom. The molecule has 0 bridgehead atoms. The molecule has 0 N–H and O–H groups in total. The van der Waals surface area contributed by atoms with E-state index in [1.165, 1.54) is 13.0 Å². The van der Waals surface area contributed by atoms with Crippen LogP contribution < -0.4 is 4.90 Å². The summed E-state index contributed by atoms with van der Waals surface area (Å²) in [6.45, 7) is 3.05. The molecule has 0 saturated carbocycles. The monoisotopic (exact) mass is 317 g/mol. The van der Waals surface area contributed by atoms with Gasteiger partial charge in [0, 0.05) is 25.1 Å². The molecule has 0 aliphatic carbocycles. The molecule has 1 aliphatic rings. The van der Waals surface area contributed by atoms with Crippen molar-refractivity contribution in [3.63, 3.8) is 0 Å². The van der Waals surface area contributed by atoms with E-state index in [9.17, 15) is 22.8 Å². The van der Waals surface area contributed by atoms with Gasteiger partial charge >= 0.3 is 6.18 Å². The van der Waals surface area contributed by atoms with Crippen molar-refractivity contribution in [2.45, 2.75) is 31.7 Å². The van der Waals surface area contributed by atoms with Crippen LogP contribution in [0.2, 0.25) is 0 Å². The number of aryl methyl sites for hydroxylation is 1. The second kappa shape index (κ2) is 5.71. The molecule has 1 atom stereocenters. The molecular formula is C14H14F3NO2S.